The summed E-state index contributed by atoms with van der Waals surface area (Å²) >= 11 is 0. The molecule has 1 rings (SSSR count). The maximum absolute atomic E-state index is 11.6. The van der Waals surface area contributed by atoms with Crippen molar-refractivity contribution >= 4 is 5.91 Å². The molecule has 0 radical (unpaired) electrons. The van der Waals surface area contributed by atoms with E-state index >= 15 is 0 Å². The Morgan fingerprint density at radius 2 is 2.00 bits per heavy atom. The predicted octanol–water partition coefficient (Wildman–Crippen LogP) is 2.87. The van der Waals surface area contributed by atoms with Gasteiger partial charge in [-0.25, -0.2) is 0 Å². The quantitative estimate of drug-likeness (QED) is 0.700. The lowest BCUT2D eigenvalue weighted by atomic mass is 10.0. The first-order chi connectivity index (χ1) is 8.58. The van der Waals surface area contributed by atoms with E-state index in [0.29, 0.717) is 18.9 Å². The molecule has 0 aliphatic heterocycles. The Bertz CT molecular complexity index is 235. The van der Waals surface area contributed by atoms with Crippen molar-refractivity contribution in [3.05, 3.63) is 0 Å². The van der Waals surface area contributed by atoms with E-state index in [9.17, 15) is 9.90 Å². The topological polar surface area (TPSA) is 49.3 Å². The molecule has 0 heterocycles. The Morgan fingerprint density at radius 1 is 1.33 bits per heavy atom. The average molecular weight is 255 g/mol. The Hall–Kier alpha value is -0.570. The monoisotopic (exact) mass is 255 g/mol. The second-order valence-electron chi connectivity index (χ2n) is 6.04. The molecular formula is C15H29NO2. The number of rotatable bonds is 8. The van der Waals surface area contributed by atoms with Crippen LogP contribution in [0.1, 0.15) is 65.2 Å². The summed E-state index contributed by atoms with van der Waals surface area (Å²) in [5.41, 5.74) is 0. The van der Waals surface area contributed by atoms with Crippen LogP contribution in [0, 0.1) is 11.8 Å². The zero-order valence-electron chi connectivity index (χ0n) is 12.0. The molecule has 3 heteroatoms. The van der Waals surface area contributed by atoms with Crippen LogP contribution in [0.3, 0.4) is 0 Å². The highest BCUT2D eigenvalue weighted by Crippen LogP contribution is 2.28. The van der Waals surface area contributed by atoms with Crippen molar-refractivity contribution in [2.24, 2.45) is 11.8 Å². The van der Waals surface area contributed by atoms with Gasteiger partial charge in [-0.2, -0.15) is 0 Å². The lowest BCUT2D eigenvalue weighted by Crippen LogP contribution is -2.29. The van der Waals surface area contributed by atoms with Crippen LogP contribution in [0.4, 0.5) is 0 Å². The van der Waals surface area contributed by atoms with Gasteiger partial charge >= 0.3 is 0 Å². The molecule has 1 amide bonds. The summed E-state index contributed by atoms with van der Waals surface area (Å²) < 4.78 is 0. The maximum Gasteiger partial charge on any atom is 0.220 e. The third-order valence-corrected chi connectivity index (χ3v) is 3.88. The number of aliphatic hydroxyl groups excluding tert-OH is 1. The maximum atomic E-state index is 11.6. The normalized spacial score (nSPS) is 19.7. The molecule has 0 aromatic heterocycles. The molecule has 0 aromatic rings. The number of hydrogen-bond acceptors (Lipinski definition) is 2. The molecule has 18 heavy (non-hydrogen) atoms. The summed E-state index contributed by atoms with van der Waals surface area (Å²) in [6, 6.07) is 0. The van der Waals surface area contributed by atoms with Crippen molar-refractivity contribution < 1.29 is 9.90 Å². The number of carbonyl (C=O) groups excluding carboxylic acids is 1. The second kappa shape index (κ2) is 8.52. The van der Waals surface area contributed by atoms with E-state index in [4.69, 9.17) is 0 Å². The standard InChI is InChI=1S/C15H29NO2/c1-12(10-13(2)17)11-16-15(18)9-5-8-14-6-3-4-7-14/h12-14,17H,3-11H2,1-2H3,(H,16,18). The molecule has 3 nitrogen and oxygen atoms in total. The van der Waals surface area contributed by atoms with E-state index in [-0.39, 0.29) is 12.0 Å². The third kappa shape index (κ3) is 7.00. The fourth-order valence-corrected chi connectivity index (χ4v) is 2.89. The molecule has 2 unspecified atom stereocenters. The second-order valence-corrected chi connectivity index (χ2v) is 6.04. The van der Waals surface area contributed by atoms with Crippen molar-refractivity contribution in [3.63, 3.8) is 0 Å². The van der Waals surface area contributed by atoms with Crippen LogP contribution in [0.2, 0.25) is 0 Å². The van der Waals surface area contributed by atoms with E-state index < -0.39 is 0 Å². The number of amides is 1. The summed E-state index contributed by atoms with van der Waals surface area (Å²) in [7, 11) is 0. The highest BCUT2D eigenvalue weighted by molar-refractivity contribution is 5.75. The van der Waals surface area contributed by atoms with Gasteiger partial charge in [0.05, 0.1) is 6.10 Å². The number of carbonyl (C=O) groups is 1. The molecule has 1 aliphatic carbocycles. The van der Waals surface area contributed by atoms with E-state index in [1.165, 1.54) is 32.1 Å². The van der Waals surface area contributed by atoms with Gasteiger partial charge in [0.15, 0.2) is 0 Å². The largest absolute Gasteiger partial charge is 0.393 e. The highest BCUT2D eigenvalue weighted by atomic mass is 16.3. The van der Waals surface area contributed by atoms with Crippen LogP contribution in [0.25, 0.3) is 0 Å². The Labute approximate surface area is 111 Å². The first kappa shape index (κ1) is 15.5. The van der Waals surface area contributed by atoms with Gasteiger partial charge in [-0.3, -0.25) is 4.79 Å². The molecule has 0 bridgehead atoms. The van der Waals surface area contributed by atoms with Gasteiger partial charge in [-0.1, -0.05) is 32.6 Å². The molecular weight excluding hydrogens is 226 g/mol. The summed E-state index contributed by atoms with van der Waals surface area (Å²) in [6.45, 7) is 4.54. The van der Waals surface area contributed by atoms with Crippen LogP contribution in [0.5, 0.6) is 0 Å². The Balaban J connectivity index is 1.99. The predicted molar refractivity (Wildman–Crippen MR) is 74.3 cm³/mol. The van der Waals surface area contributed by atoms with Gasteiger partial charge < -0.3 is 10.4 Å². The van der Waals surface area contributed by atoms with Crippen LogP contribution in [-0.4, -0.2) is 23.7 Å². The zero-order valence-corrected chi connectivity index (χ0v) is 12.0. The fraction of sp³-hybridized carbons (Fsp3) is 0.933. The third-order valence-electron chi connectivity index (χ3n) is 3.88. The smallest absolute Gasteiger partial charge is 0.220 e. The highest BCUT2D eigenvalue weighted by Gasteiger charge is 2.15. The summed E-state index contributed by atoms with van der Waals surface area (Å²) in [5, 5.41) is 12.2. The number of aliphatic hydroxyl groups is 1. The van der Waals surface area contributed by atoms with Crippen LogP contribution >= 0.6 is 0 Å². The van der Waals surface area contributed by atoms with Crippen molar-refractivity contribution in [1.29, 1.82) is 0 Å². The van der Waals surface area contributed by atoms with E-state index in [1.54, 1.807) is 6.92 Å². The number of hydrogen-bond donors (Lipinski definition) is 2. The van der Waals surface area contributed by atoms with Gasteiger partial charge in [0.2, 0.25) is 5.91 Å². The molecule has 106 valence electrons. The van der Waals surface area contributed by atoms with E-state index in [0.717, 1.165) is 18.8 Å². The molecule has 2 atom stereocenters. The lowest BCUT2D eigenvalue weighted by molar-refractivity contribution is -0.121. The summed E-state index contributed by atoms with van der Waals surface area (Å²) in [4.78, 5) is 11.6. The molecule has 0 saturated heterocycles. The molecule has 0 spiro atoms. The summed E-state index contributed by atoms with van der Waals surface area (Å²) in [5.74, 6) is 1.40. The SMILES string of the molecule is CC(O)CC(C)CNC(=O)CCCC1CCCC1. The van der Waals surface area contributed by atoms with Gasteiger partial charge in [-0.05, 0) is 38.0 Å². The average Bonchev–Trinajstić information content (AvgIpc) is 2.78. The van der Waals surface area contributed by atoms with Gasteiger partial charge in [-0.15, -0.1) is 0 Å². The fourth-order valence-electron chi connectivity index (χ4n) is 2.89. The molecule has 0 aromatic carbocycles. The molecule has 2 N–H and O–H groups in total. The van der Waals surface area contributed by atoms with Crippen molar-refractivity contribution in [3.8, 4) is 0 Å². The number of nitrogens with one attached hydrogen (secondary N) is 1. The van der Waals surface area contributed by atoms with Gasteiger partial charge in [0, 0.05) is 13.0 Å². The minimum atomic E-state index is -0.278. The Kier molecular flexibility index (Phi) is 7.33. The first-order valence-corrected chi connectivity index (χ1v) is 7.52. The molecule has 1 fully saturated rings. The minimum absolute atomic E-state index is 0.172. The van der Waals surface area contributed by atoms with Crippen molar-refractivity contribution in [1.82, 2.24) is 5.32 Å². The molecule has 1 saturated carbocycles. The van der Waals surface area contributed by atoms with Crippen LogP contribution < -0.4 is 5.32 Å². The molecule has 1 aliphatic rings. The van der Waals surface area contributed by atoms with Crippen molar-refractivity contribution in [2.75, 3.05) is 6.54 Å². The van der Waals surface area contributed by atoms with Gasteiger partial charge in [0.25, 0.3) is 0 Å². The van der Waals surface area contributed by atoms with Crippen LogP contribution in [0.15, 0.2) is 0 Å². The Morgan fingerprint density at radius 3 is 2.61 bits per heavy atom. The van der Waals surface area contributed by atoms with E-state index in [2.05, 4.69) is 12.2 Å². The summed E-state index contributed by atoms with van der Waals surface area (Å²) in [6.07, 6.45) is 8.89. The van der Waals surface area contributed by atoms with E-state index in [1.807, 2.05) is 0 Å². The lowest BCUT2D eigenvalue weighted by Gasteiger charge is -2.14. The van der Waals surface area contributed by atoms with Crippen molar-refractivity contribution in [2.45, 2.75) is 71.3 Å². The minimum Gasteiger partial charge on any atom is -0.393 e. The van der Waals surface area contributed by atoms with Crippen LogP contribution in [-0.2, 0) is 4.79 Å². The van der Waals surface area contributed by atoms with Gasteiger partial charge in [0.1, 0.15) is 0 Å². The zero-order chi connectivity index (χ0) is 13.4. The first-order valence-electron chi connectivity index (χ1n) is 7.52.